The average molecular weight is 525 g/mol. The largest absolute Gasteiger partial charge is 0.435 e. The highest BCUT2D eigenvalue weighted by molar-refractivity contribution is 6.32. The Morgan fingerprint density at radius 3 is 2.24 bits per heavy atom. The highest BCUT2D eigenvalue weighted by Crippen LogP contribution is 2.34. The van der Waals surface area contributed by atoms with Crippen LogP contribution in [-0.4, -0.2) is 46.8 Å². The predicted octanol–water partition coefficient (Wildman–Crippen LogP) is 6.48. The molecule has 4 aromatic rings. The SMILES string of the molecule is Cc1cccc(N2CCN(C(=O)c3ccc(-c4cc(C(F)(F)F)nn4-c4ccccc4Cl)cc3)CC2)c1. The molecule has 1 amide bonds. The van der Waals surface area contributed by atoms with Gasteiger partial charge in [0.15, 0.2) is 5.69 Å². The topological polar surface area (TPSA) is 41.4 Å². The Hall–Kier alpha value is -3.78. The fourth-order valence-electron chi connectivity index (χ4n) is 4.49. The summed E-state index contributed by atoms with van der Waals surface area (Å²) >= 11 is 6.26. The number of piperazine rings is 1. The van der Waals surface area contributed by atoms with Gasteiger partial charge in [-0.15, -0.1) is 0 Å². The molecule has 1 saturated heterocycles. The molecule has 0 N–H and O–H groups in total. The van der Waals surface area contributed by atoms with Crippen LogP contribution in [0.2, 0.25) is 5.02 Å². The third-order valence-corrected chi connectivity index (χ3v) is 6.76. The number of hydrogen-bond donors (Lipinski definition) is 0. The Balaban J connectivity index is 1.36. The van der Waals surface area contributed by atoms with Gasteiger partial charge in [-0.05, 0) is 55.0 Å². The van der Waals surface area contributed by atoms with Crippen molar-refractivity contribution in [3.05, 3.63) is 101 Å². The van der Waals surface area contributed by atoms with Gasteiger partial charge >= 0.3 is 6.18 Å². The van der Waals surface area contributed by atoms with Crippen LogP contribution in [0.4, 0.5) is 18.9 Å². The molecule has 0 saturated carbocycles. The highest BCUT2D eigenvalue weighted by Gasteiger charge is 2.35. The van der Waals surface area contributed by atoms with E-state index < -0.39 is 11.9 Å². The summed E-state index contributed by atoms with van der Waals surface area (Å²) in [4.78, 5) is 17.2. The van der Waals surface area contributed by atoms with Crippen LogP contribution in [0.1, 0.15) is 21.6 Å². The number of aryl methyl sites for hydroxylation is 1. The number of benzene rings is 3. The maximum absolute atomic E-state index is 13.5. The minimum Gasteiger partial charge on any atom is -0.368 e. The Bertz CT molecular complexity index is 1420. The van der Waals surface area contributed by atoms with E-state index >= 15 is 0 Å². The molecule has 0 spiro atoms. The van der Waals surface area contributed by atoms with Gasteiger partial charge in [0, 0.05) is 43.0 Å². The molecule has 1 aliphatic rings. The average Bonchev–Trinajstić information content (AvgIpc) is 3.35. The molecular weight excluding hydrogens is 501 g/mol. The molecule has 5 rings (SSSR count). The van der Waals surface area contributed by atoms with Crippen LogP contribution in [0.25, 0.3) is 16.9 Å². The Labute approximate surface area is 217 Å². The van der Waals surface area contributed by atoms with Gasteiger partial charge in [0.2, 0.25) is 0 Å². The van der Waals surface area contributed by atoms with Gasteiger partial charge in [0.25, 0.3) is 5.91 Å². The van der Waals surface area contributed by atoms with E-state index in [1.54, 1.807) is 53.4 Å². The van der Waals surface area contributed by atoms with Gasteiger partial charge in [0.1, 0.15) is 0 Å². The Morgan fingerprint density at radius 2 is 1.59 bits per heavy atom. The van der Waals surface area contributed by atoms with Crippen LogP contribution in [0.15, 0.2) is 78.9 Å². The van der Waals surface area contributed by atoms with Crippen LogP contribution in [0.5, 0.6) is 0 Å². The number of alkyl halides is 3. The highest BCUT2D eigenvalue weighted by atomic mass is 35.5. The molecule has 1 aromatic heterocycles. The van der Waals surface area contributed by atoms with Gasteiger partial charge in [-0.1, -0.05) is 48.0 Å². The summed E-state index contributed by atoms with van der Waals surface area (Å²) in [6.45, 7) is 4.68. The second-order valence-electron chi connectivity index (χ2n) is 8.97. The number of aromatic nitrogens is 2. The molecule has 0 aliphatic carbocycles. The second kappa shape index (κ2) is 9.94. The molecule has 2 heterocycles. The molecule has 0 radical (unpaired) electrons. The van der Waals surface area contributed by atoms with E-state index in [-0.39, 0.29) is 16.6 Å². The smallest absolute Gasteiger partial charge is 0.368 e. The quantitative estimate of drug-likeness (QED) is 0.307. The minimum absolute atomic E-state index is 0.106. The molecule has 37 heavy (non-hydrogen) atoms. The molecule has 0 bridgehead atoms. The summed E-state index contributed by atoms with van der Waals surface area (Å²) in [7, 11) is 0. The van der Waals surface area contributed by atoms with E-state index in [4.69, 9.17) is 11.6 Å². The molecule has 0 atom stereocenters. The van der Waals surface area contributed by atoms with Crippen molar-refractivity contribution < 1.29 is 18.0 Å². The molecule has 190 valence electrons. The molecule has 1 fully saturated rings. The van der Waals surface area contributed by atoms with Crippen molar-refractivity contribution in [3.8, 4) is 16.9 Å². The van der Waals surface area contributed by atoms with Gasteiger partial charge < -0.3 is 9.80 Å². The summed E-state index contributed by atoms with van der Waals surface area (Å²) in [5, 5.41) is 4.06. The lowest BCUT2D eigenvalue weighted by atomic mass is 10.1. The van der Waals surface area contributed by atoms with Crippen molar-refractivity contribution in [2.24, 2.45) is 0 Å². The van der Waals surface area contributed by atoms with E-state index in [0.717, 1.165) is 24.8 Å². The minimum atomic E-state index is -4.61. The summed E-state index contributed by atoms with van der Waals surface area (Å²) in [6.07, 6.45) is -4.61. The van der Waals surface area contributed by atoms with Crippen LogP contribution in [-0.2, 0) is 6.18 Å². The van der Waals surface area contributed by atoms with Gasteiger partial charge in [-0.3, -0.25) is 4.79 Å². The van der Waals surface area contributed by atoms with Crippen molar-refractivity contribution in [1.82, 2.24) is 14.7 Å². The standard InChI is InChI=1S/C28H24ClF3N4O/c1-19-5-4-6-22(17-19)34-13-15-35(16-14-34)27(37)21-11-9-20(10-12-21)25-18-26(28(30,31)32)33-36(25)24-8-3-2-7-23(24)29/h2-12,17-18H,13-16H2,1H3. The van der Waals surface area contributed by atoms with Gasteiger partial charge in [0.05, 0.1) is 16.4 Å². The van der Waals surface area contributed by atoms with E-state index in [9.17, 15) is 18.0 Å². The lowest BCUT2D eigenvalue weighted by Crippen LogP contribution is -2.48. The number of para-hydroxylation sites is 1. The summed E-state index contributed by atoms with van der Waals surface area (Å²) < 4.78 is 41.6. The van der Waals surface area contributed by atoms with Crippen molar-refractivity contribution in [1.29, 1.82) is 0 Å². The first kappa shape index (κ1) is 24.9. The Kier molecular flexibility index (Phi) is 6.69. The van der Waals surface area contributed by atoms with Crippen LogP contribution < -0.4 is 4.90 Å². The third kappa shape index (κ3) is 5.20. The van der Waals surface area contributed by atoms with Crippen molar-refractivity contribution >= 4 is 23.2 Å². The second-order valence-corrected chi connectivity index (χ2v) is 9.38. The molecule has 1 aliphatic heterocycles. The number of anilines is 1. The fraction of sp³-hybridized carbons (Fsp3) is 0.214. The summed E-state index contributed by atoms with van der Waals surface area (Å²) in [6, 6.07) is 22.4. The number of carbonyl (C=O) groups is 1. The lowest BCUT2D eigenvalue weighted by Gasteiger charge is -2.36. The molecule has 5 nitrogen and oxygen atoms in total. The number of carbonyl (C=O) groups excluding carboxylic acids is 1. The number of amides is 1. The molecule has 3 aromatic carbocycles. The van der Waals surface area contributed by atoms with E-state index in [1.807, 2.05) is 6.07 Å². The summed E-state index contributed by atoms with van der Waals surface area (Å²) in [5.41, 5.74) is 2.84. The van der Waals surface area contributed by atoms with E-state index in [1.165, 1.54) is 10.2 Å². The van der Waals surface area contributed by atoms with E-state index in [2.05, 4.69) is 35.1 Å². The third-order valence-electron chi connectivity index (χ3n) is 6.44. The zero-order chi connectivity index (χ0) is 26.2. The predicted molar refractivity (Wildman–Crippen MR) is 138 cm³/mol. The maximum Gasteiger partial charge on any atom is 0.435 e. The first-order valence-electron chi connectivity index (χ1n) is 11.8. The normalized spacial score (nSPS) is 14.2. The number of rotatable bonds is 4. The zero-order valence-corrected chi connectivity index (χ0v) is 20.8. The monoisotopic (exact) mass is 524 g/mol. The van der Waals surface area contributed by atoms with Crippen LogP contribution in [0.3, 0.4) is 0 Å². The van der Waals surface area contributed by atoms with Crippen LogP contribution in [0, 0.1) is 6.92 Å². The van der Waals surface area contributed by atoms with Crippen molar-refractivity contribution in [2.75, 3.05) is 31.1 Å². The molecular formula is C28H24ClF3N4O. The van der Waals surface area contributed by atoms with Crippen molar-refractivity contribution in [2.45, 2.75) is 13.1 Å². The lowest BCUT2D eigenvalue weighted by molar-refractivity contribution is -0.141. The van der Waals surface area contributed by atoms with Gasteiger partial charge in [-0.2, -0.15) is 18.3 Å². The molecule has 0 unspecified atom stereocenters. The number of halogens is 4. The molecule has 9 heteroatoms. The summed E-state index contributed by atoms with van der Waals surface area (Å²) in [5.74, 6) is -0.106. The Morgan fingerprint density at radius 1 is 0.892 bits per heavy atom. The fourth-order valence-corrected chi connectivity index (χ4v) is 4.71. The van der Waals surface area contributed by atoms with Gasteiger partial charge in [-0.25, -0.2) is 4.68 Å². The zero-order valence-electron chi connectivity index (χ0n) is 20.0. The van der Waals surface area contributed by atoms with E-state index in [0.29, 0.717) is 29.9 Å². The van der Waals surface area contributed by atoms with Crippen molar-refractivity contribution in [3.63, 3.8) is 0 Å². The van der Waals surface area contributed by atoms with Crippen LogP contribution >= 0.6 is 11.6 Å². The number of hydrogen-bond acceptors (Lipinski definition) is 3. The first-order valence-corrected chi connectivity index (χ1v) is 12.2. The first-order chi connectivity index (χ1) is 17.7. The number of nitrogens with zero attached hydrogens (tertiary/aromatic N) is 4. The maximum atomic E-state index is 13.5.